The number of hydrogen-bond donors (Lipinski definition) is 6. The summed E-state index contributed by atoms with van der Waals surface area (Å²) in [5, 5.41) is 55.8. The number of aliphatic hydroxyl groups is 6. The number of halogens is 4. The molecule has 0 amide bonds. The molecule has 0 aromatic heterocycles. The standard InChI is InChI=1S/C14H20O4.C12H16O4.2C10H17BrO5.C9H13BrO5.2C9H16O5.C8H12O5.C5H9BrO.C4H8O.5CH4/c1-14(10-16-2,11-17-3)13(15)18-9-12-7-5-4-6-8-12;1-12(8-13,9-14)11(15)16-7-10-5-3-2-4-6-10;2*1-8(13)16-7-10(2,6-12)9(14)15-5-3-4-11;1-9(5-14-8(12)15-6-9)7(11)13-4-2-3-10;2*1-4-13-8(12)9(3,5-10)6-14-7(2)11;1-3-11-6(9)8(2)4-12-7(10)13-5-8;1-2-3-5(7)4-6;1-3-4(2)5;;;;;/h4-8H,9-11H2,1-3H3;2-6,13-14H,7-9H2,1H3;2*12H,3-7H2,1-2H3;2-6H2,1H3;2*10H,4-6H2,1-3H3;3-5H2,1-2H3;2-4H2,1H3;3H2,1-2H3;5*1H4/i;;;;;;;;4T;2T;;;;;. The Kier molecular flexibility index (Phi) is 94.4. The number of esters is 12. The third-order valence-electron chi connectivity index (χ3n) is 17.2. The number of hydrogen-bond acceptors (Lipinski definition) is 40. The van der Waals surface area contributed by atoms with E-state index in [0.29, 0.717) is 38.9 Å². The van der Waals surface area contributed by atoms with Gasteiger partial charge in [0.2, 0.25) is 0 Å². The smallest absolute Gasteiger partial charge is 0.465 e. The van der Waals surface area contributed by atoms with Crippen LogP contribution in [0.4, 0.5) is 9.59 Å². The third-order valence-corrected chi connectivity index (χ3v) is 19.4. The highest BCUT2D eigenvalue weighted by atomic mass is 79.9. The van der Waals surface area contributed by atoms with Gasteiger partial charge in [0, 0.05) is 73.5 Å². The molecular weight excluding hydrogens is 2100 g/mol. The van der Waals surface area contributed by atoms with Gasteiger partial charge in [0.25, 0.3) is 0 Å². The predicted molar refractivity (Wildman–Crippen MR) is 531 cm³/mol. The number of carbonyl (C=O) groups excluding carboxylic acids is 16. The molecule has 5 atom stereocenters. The molecule has 40 nitrogen and oxygen atoms in total. The molecule has 139 heavy (non-hydrogen) atoms. The molecule has 0 saturated carbocycles. The van der Waals surface area contributed by atoms with E-state index in [1.165, 1.54) is 62.3 Å². The normalized spacial score (nSPS) is 13.9. The number of Topliss-reactive ketones (excluding diaryl/α,β-unsaturated/α-hetero) is 2. The van der Waals surface area contributed by atoms with E-state index in [9.17, 15) is 76.7 Å². The molecule has 0 bridgehead atoms. The minimum Gasteiger partial charge on any atom is -0.465 e. The number of carbonyl (C=O) groups is 16. The van der Waals surface area contributed by atoms with Gasteiger partial charge in [-0.05, 0) is 120 Å². The van der Waals surface area contributed by atoms with Crippen LogP contribution in [0.2, 0.25) is 0 Å². The van der Waals surface area contributed by atoms with Gasteiger partial charge < -0.3 is 121 Å². The lowest BCUT2D eigenvalue weighted by molar-refractivity contribution is -0.167. The number of aliphatic hydroxyl groups excluding tert-OH is 6. The summed E-state index contributed by atoms with van der Waals surface area (Å²) < 4.78 is 100. The number of alkyl halides is 4. The van der Waals surface area contributed by atoms with Crippen molar-refractivity contribution in [2.24, 2.45) is 43.3 Å². The van der Waals surface area contributed by atoms with Crippen molar-refractivity contribution in [1.82, 2.24) is 0 Å². The van der Waals surface area contributed by atoms with E-state index < -0.39 is 166 Å². The zero-order valence-electron chi connectivity index (χ0n) is 82.5. The summed E-state index contributed by atoms with van der Waals surface area (Å²) in [5.41, 5.74) is -6.59. The van der Waals surface area contributed by atoms with Crippen molar-refractivity contribution in [3.63, 3.8) is 0 Å². The fourth-order valence-electron chi connectivity index (χ4n) is 8.16. The second kappa shape index (κ2) is 88.5. The van der Waals surface area contributed by atoms with E-state index in [-0.39, 0.29) is 167 Å². The van der Waals surface area contributed by atoms with Crippen LogP contribution in [0.3, 0.4) is 0 Å². The average molecular weight is 2270 g/mol. The minimum absolute atomic E-state index is 0. The lowest BCUT2D eigenvalue weighted by Crippen LogP contribution is -2.44. The Morgan fingerprint density at radius 2 is 0.640 bits per heavy atom. The maximum absolute atomic E-state index is 12.0. The lowest BCUT2D eigenvalue weighted by atomic mass is 9.93. The highest BCUT2D eigenvalue weighted by Gasteiger charge is 2.45. The molecule has 0 aliphatic carbocycles. The molecule has 2 saturated heterocycles. The number of methoxy groups -OCH3 is 2. The SMILES string of the molecule is C.C.C.C.C.CC(=O)OCC(C)(CO)C(=O)OCCCBr.CC(=O)OCC(C)(CO)C(=O)OCCCBr.CC(CO)(CO)C(=O)OCc1ccccc1.CC1(C(=O)OCCCBr)COC(=O)OC1.CCOC(=O)C(C)(CO)COC(C)=O.CCOC(=O)C(C)(CO)COC(C)=O.CCOC(=O)C1(C)COC(=O)OC1.COCC(C)(COC)C(=O)OCc1ccccc1.[3H]C(Br)C(=O)CCC.[3H]CC(=O)CC. The Hall–Kier alpha value is -8.44. The van der Waals surface area contributed by atoms with Crippen LogP contribution in [0, 0.1) is 43.3 Å². The van der Waals surface area contributed by atoms with E-state index in [1.54, 1.807) is 62.7 Å². The predicted octanol–water partition coefficient (Wildman–Crippen LogP) is 12.9. The van der Waals surface area contributed by atoms with Crippen LogP contribution in [0.25, 0.3) is 0 Å². The van der Waals surface area contributed by atoms with Gasteiger partial charge in [-0.25, -0.2) is 9.59 Å². The molecule has 44 heteroatoms. The first-order valence-corrected chi connectivity index (χ1v) is 46.3. The topological polar surface area (TPSA) is 561 Å². The summed E-state index contributed by atoms with van der Waals surface area (Å²) in [6, 6.07) is 18.8. The zero-order valence-corrected chi connectivity index (χ0v) is 86.8. The van der Waals surface area contributed by atoms with Gasteiger partial charge in [0.15, 0.2) is 0 Å². The largest absolute Gasteiger partial charge is 0.508 e. The molecule has 5 unspecified atom stereocenters. The number of rotatable bonds is 46. The summed E-state index contributed by atoms with van der Waals surface area (Å²) in [4.78, 5) is 176. The molecule has 6 N–H and O–H groups in total. The van der Waals surface area contributed by atoms with E-state index in [2.05, 4.69) is 92.1 Å². The Morgan fingerprint density at radius 3 is 0.856 bits per heavy atom. The Balaban J connectivity index is -0.000000149. The summed E-state index contributed by atoms with van der Waals surface area (Å²) in [6.07, 6.45) is 2.52. The first-order chi connectivity index (χ1) is 63.7. The summed E-state index contributed by atoms with van der Waals surface area (Å²) in [5.74, 6) is -5.94. The van der Waals surface area contributed by atoms with Crippen LogP contribution in [0.1, 0.15) is 214 Å². The molecule has 2 fully saturated rings. The van der Waals surface area contributed by atoms with Crippen LogP contribution in [0.5, 0.6) is 0 Å². The van der Waals surface area contributed by atoms with Gasteiger partial charge >= 0.3 is 83.9 Å². The maximum atomic E-state index is 12.0. The van der Waals surface area contributed by atoms with Gasteiger partial charge in [0.05, 0.1) is 97.8 Å². The minimum atomic E-state index is -1.23. The van der Waals surface area contributed by atoms with E-state index >= 15 is 0 Å². The summed E-state index contributed by atoms with van der Waals surface area (Å²) >= 11 is 12.5. The molecule has 0 radical (unpaired) electrons. The number of ether oxygens (including phenoxy) is 18. The zero-order chi connectivity index (χ0) is 106. The van der Waals surface area contributed by atoms with Crippen molar-refractivity contribution < 1.29 is 195 Å². The van der Waals surface area contributed by atoms with Gasteiger partial charge in [-0.2, -0.15) is 0 Å². The molecule has 2 aliphatic heterocycles. The highest BCUT2D eigenvalue weighted by molar-refractivity contribution is 9.09. The summed E-state index contributed by atoms with van der Waals surface area (Å²) in [7, 11) is 3.11. The van der Waals surface area contributed by atoms with Crippen molar-refractivity contribution in [3.05, 3.63) is 71.8 Å². The molecule has 2 heterocycles. The molecular formula is C95H164Br4O40. The first-order valence-electron chi connectivity index (χ1n) is 43.3. The molecule has 812 valence electrons. The van der Waals surface area contributed by atoms with E-state index in [4.69, 9.17) is 90.2 Å². The molecule has 2 aromatic carbocycles. The van der Waals surface area contributed by atoms with Crippen molar-refractivity contribution in [3.8, 4) is 0 Å². The van der Waals surface area contributed by atoms with Crippen molar-refractivity contribution >= 4 is 159 Å². The maximum Gasteiger partial charge on any atom is 0.508 e. The fourth-order valence-corrected chi connectivity index (χ4v) is 9.08. The lowest BCUT2D eigenvalue weighted by Gasteiger charge is -2.29. The number of benzene rings is 2. The van der Waals surface area contributed by atoms with E-state index in [0.717, 1.165) is 40.0 Å². The molecule has 4 rings (SSSR count). The number of ketones is 2. The van der Waals surface area contributed by atoms with Gasteiger partial charge in [-0.1, -0.05) is 175 Å². The fraction of sp³-hybridized carbons (Fsp3) is 0.705. The first kappa shape index (κ1) is 148. The van der Waals surface area contributed by atoms with Gasteiger partial charge in [0.1, 0.15) is 121 Å². The van der Waals surface area contributed by atoms with Crippen LogP contribution >= 0.6 is 63.7 Å². The van der Waals surface area contributed by atoms with E-state index in [1.807, 2.05) is 67.6 Å². The molecule has 2 aliphatic rings. The molecule has 0 spiro atoms. The Bertz CT molecular complexity index is 3630. The quantitative estimate of drug-likeness (QED) is 0.0155. The van der Waals surface area contributed by atoms with Crippen molar-refractivity contribution in [1.29, 1.82) is 0 Å². The molecule has 2 aromatic rings. The van der Waals surface area contributed by atoms with Gasteiger partial charge in [-0.15, -0.1) is 0 Å². The second-order valence-electron chi connectivity index (χ2n) is 31.1. The average Bonchev–Trinajstić information content (AvgIpc) is 0.828. The third kappa shape index (κ3) is 72.5. The van der Waals surface area contributed by atoms with Crippen LogP contribution < -0.4 is 0 Å². The second-order valence-corrected chi connectivity index (χ2v) is 34.0. The van der Waals surface area contributed by atoms with Crippen LogP contribution in [-0.4, -0.2) is 307 Å². The Morgan fingerprint density at radius 1 is 0.381 bits per heavy atom. The van der Waals surface area contributed by atoms with Crippen LogP contribution in [0.15, 0.2) is 60.7 Å². The Labute approximate surface area is 859 Å². The van der Waals surface area contributed by atoms with Gasteiger partial charge in [-0.3, -0.25) is 62.3 Å². The summed E-state index contributed by atoms with van der Waals surface area (Å²) in [6.45, 7) is 25.6. The monoisotopic (exact) mass is 2260 g/mol. The number of cyclic esters (lactones) is 4. The van der Waals surface area contributed by atoms with Crippen LogP contribution in [-0.2, 0) is 166 Å². The van der Waals surface area contributed by atoms with Crippen molar-refractivity contribution in [2.75, 3.05) is 181 Å². The van der Waals surface area contributed by atoms with Crippen molar-refractivity contribution in [2.45, 2.75) is 213 Å². The highest BCUT2D eigenvalue weighted by Crippen LogP contribution is 2.28.